The summed E-state index contributed by atoms with van der Waals surface area (Å²) >= 11 is 0. The highest BCUT2D eigenvalue weighted by Gasteiger charge is 2.08. The summed E-state index contributed by atoms with van der Waals surface area (Å²) in [6.45, 7) is 6.09. The van der Waals surface area contributed by atoms with Crippen LogP contribution in [-0.4, -0.2) is 25.3 Å². The van der Waals surface area contributed by atoms with E-state index in [1.54, 1.807) is 0 Å². The molecule has 1 aliphatic rings. The van der Waals surface area contributed by atoms with Gasteiger partial charge < -0.3 is 10.1 Å². The van der Waals surface area contributed by atoms with Gasteiger partial charge in [0.1, 0.15) is 0 Å². The van der Waals surface area contributed by atoms with Gasteiger partial charge in [-0.05, 0) is 26.7 Å². The van der Waals surface area contributed by atoms with Gasteiger partial charge in [0.15, 0.2) is 0 Å². The van der Waals surface area contributed by atoms with Crippen molar-refractivity contribution in [2.45, 2.75) is 96.6 Å². The Morgan fingerprint density at radius 2 is 1.32 bits per heavy atom. The molecule has 1 N–H and O–H groups in total. The SMILES string of the molecule is CC(C)OCCNC1CCCCCCCCCCC1. The Hall–Kier alpha value is -0.0800. The minimum atomic E-state index is 0.359. The zero-order valence-electron chi connectivity index (χ0n) is 13.3. The van der Waals surface area contributed by atoms with Crippen LogP contribution in [-0.2, 0) is 4.74 Å². The maximum Gasteiger partial charge on any atom is 0.0594 e. The molecule has 2 nitrogen and oxygen atoms in total. The molecule has 0 radical (unpaired) electrons. The van der Waals surface area contributed by atoms with Crippen LogP contribution in [0.4, 0.5) is 0 Å². The molecule has 1 rings (SSSR count). The fourth-order valence-electron chi connectivity index (χ4n) is 2.93. The van der Waals surface area contributed by atoms with Crippen LogP contribution in [0.1, 0.15) is 84.5 Å². The highest BCUT2D eigenvalue weighted by Crippen LogP contribution is 2.16. The molecule has 0 unspecified atom stereocenters. The molecule has 0 saturated heterocycles. The largest absolute Gasteiger partial charge is 0.377 e. The molecule has 1 saturated carbocycles. The van der Waals surface area contributed by atoms with Crippen LogP contribution < -0.4 is 5.32 Å². The van der Waals surface area contributed by atoms with E-state index in [2.05, 4.69) is 19.2 Å². The van der Waals surface area contributed by atoms with E-state index in [0.29, 0.717) is 6.10 Å². The summed E-state index contributed by atoms with van der Waals surface area (Å²) in [7, 11) is 0. The minimum absolute atomic E-state index is 0.359. The number of nitrogens with one attached hydrogen (secondary N) is 1. The van der Waals surface area contributed by atoms with Crippen LogP contribution >= 0.6 is 0 Å². The van der Waals surface area contributed by atoms with E-state index in [-0.39, 0.29) is 0 Å². The quantitative estimate of drug-likeness (QED) is 0.732. The number of hydrogen-bond donors (Lipinski definition) is 1. The van der Waals surface area contributed by atoms with E-state index >= 15 is 0 Å². The Morgan fingerprint density at radius 1 is 0.842 bits per heavy atom. The smallest absolute Gasteiger partial charge is 0.0594 e. The van der Waals surface area contributed by atoms with Gasteiger partial charge in [-0.2, -0.15) is 0 Å². The van der Waals surface area contributed by atoms with E-state index in [1.807, 2.05) is 0 Å². The molecule has 114 valence electrons. The summed E-state index contributed by atoms with van der Waals surface area (Å²) in [5.41, 5.74) is 0. The van der Waals surface area contributed by atoms with Crippen LogP contribution in [0.3, 0.4) is 0 Å². The first-order chi connectivity index (χ1) is 9.29. The lowest BCUT2D eigenvalue weighted by Crippen LogP contribution is -2.32. The monoisotopic (exact) mass is 269 g/mol. The zero-order chi connectivity index (χ0) is 13.8. The molecule has 0 aromatic carbocycles. The normalized spacial score (nSPS) is 21.0. The van der Waals surface area contributed by atoms with Gasteiger partial charge in [0.2, 0.25) is 0 Å². The minimum Gasteiger partial charge on any atom is -0.377 e. The fraction of sp³-hybridized carbons (Fsp3) is 1.00. The summed E-state index contributed by atoms with van der Waals surface area (Å²) in [5, 5.41) is 3.70. The molecular weight excluding hydrogens is 234 g/mol. The third-order valence-corrected chi connectivity index (χ3v) is 4.09. The number of hydrogen-bond acceptors (Lipinski definition) is 2. The maximum absolute atomic E-state index is 5.61. The molecule has 0 aromatic heterocycles. The average Bonchev–Trinajstić information content (AvgIpc) is 2.36. The molecule has 0 bridgehead atoms. The van der Waals surface area contributed by atoms with Crippen LogP contribution in [0.25, 0.3) is 0 Å². The lowest BCUT2D eigenvalue weighted by molar-refractivity contribution is 0.0788. The average molecular weight is 269 g/mol. The second-order valence-electron chi connectivity index (χ2n) is 6.33. The number of ether oxygens (including phenoxy) is 1. The third-order valence-electron chi connectivity index (χ3n) is 4.09. The molecule has 1 aliphatic carbocycles. The number of rotatable bonds is 5. The van der Waals surface area contributed by atoms with Gasteiger partial charge in [-0.1, -0.05) is 57.8 Å². The van der Waals surface area contributed by atoms with Crippen molar-refractivity contribution < 1.29 is 4.74 Å². The van der Waals surface area contributed by atoms with Crippen molar-refractivity contribution in [3.05, 3.63) is 0 Å². The van der Waals surface area contributed by atoms with E-state index in [1.165, 1.54) is 70.6 Å². The van der Waals surface area contributed by atoms with E-state index in [4.69, 9.17) is 4.74 Å². The maximum atomic E-state index is 5.61. The second-order valence-corrected chi connectivity index (χ2v) is 6.33. The van der Waals surface area contributed by atoms with Crippen molar-refractivity contribution in [2.75, 3.05) is 13.2 Å². The molecule has 19 heavy (non-hydrogen) atoms. The molecule has 0 spiro atoms. The summed E-state index contributed by atoms with van der Waals surface area (Å²) in [4.78, 5) is 0. The standard InChI is InChI=1S/C17H35NO/c1-16(2)19-15-14-18-17-12-10-8-6-4-3-5-7-9-11-13-17/h16-18H,3-15H2,1-2H3. The first-order valence-corrected chi connectivity index (χ1v) is 8.64. The van der Waals surface area contributed by atoms with Crippen molar-refractivity contribution >= 4 is 0 Å². The molecule has 2 heteroatoms. The van der Waals surface area contributed by atoms with Crippen molar-refractivity contribution in [2.24, 2.45) is 0 Å². The highest BCUT2D eigenvalue weighted by atomic mass is 16.5. The molecule has 0 atom stereocenters. The Labute approximate surface area is 120 Å². The Balaban J connectivity index is 2.15. The van der Waals surface area contributed by atoms with Crippen molar-refractivity contribution in [3.63, 3.8) is 0 Å². The van der Waals surface area contributed by atoms with Gasteiger partial charge in [-0.3, -0.25) is 0 Å². The fourth-order valence-corrected chi connectivity index (χ4v) is 2.93. The van der Waals surface area contributed by atoms with Crippen LogP contribution in [0, 0.1) is 0 Å². The van der Waals surface area contributed by atoms with Crippen molar-refractivity contribution in [1.82, 2.24) is 5.32 Å². The van der Waals surface area contributed by atoms with Crippen LogP contribution in [0.15, 0.2) is 0 Å². The summed E-state index contributed by atoms with van der Waals surface area (Å²) in [6.07, 6.45) is 16.0. The van der Waals surface area contributed by atoms with E-state index in [0.717, 1.165) is 19.2 Å². The molecule has 0 aromatic rings. The Bertz CT molecular complexity index is 182. The van der Waals surface area contributed by atoms with Gasteiger partial charge in [-0.15, -0.1) is 0 Å². The lowest BCUT2D eigenvalue weighted by atomic mass is 9.98. The summed E-state index contributed by atoms with van der Waals surface area (Å²) < 4.78 is 5.61. The molecule has 0 aliphatic heterocycles. The van der Waals surface area contributed by atoms with Gasteiger partial charge in [0.05, 0.1) is 12.7 Å². The van der Waals surface area contributed by atoms with Crippen LogP contribution in [0.2, 0.25) is 0 Å². The first kappa shape index (κ1) is 17.0. The molecule has 0 heterocycles. The predicted octanol–water partition coefficient (Wildman–Crippen LogP) is 4.67. The molecular formula is C17H35NO. The zero-order valence-corrected chi connectivity index (χ0v) is 13.3. The van der Waals surface area contributed by atoms with Crippen LogP contribution in [0.5, 0.6) is 0 Å². The van der Waals surface area contributed by atoms with Gasteiger partial charge in [-0.25, -0.2) is 0 Å². The molecule has 0 amide bonds. The van der Waals surface area contributed by atoms with E-state index in [9.17, 15) is 0 Å². The Kier molecular flexibility index (Phi) is 10.5. The third kappa shape index (κ3) is 10.4. The van der Waals surface area contributed by atoms with Gasteiger partial charge in [0.25, 0.3) is 0 Å². The van der Waals surface area contributed by atoms with Gasteiger partial charge in [0, 0.05) is 12.6 Å². The lowest BCUT2D eigenvalue weighted by Gasteiger charge is -2.20. The predicted molar refractivity (Wildman–Crippen MR) is 83.7 cm³/mol. The van der Waals surface area contributed by atoms with Gasteiger partial charge >= 0.3 is 0 Å². The summed E-state index contributed by atoms with van der Waals surface area (Å²) in [6, 6.07) is 0.732. The van der Waals surface area contributed by atoms with Crippen molar-refractivity contribution in [1.29, 1.82) is 0 Å². The molecule has 1 fully saturated rings. The van der Waals surface area contributed by atoms with Crippen molar-refractivity contribution in [3.8, 4) is 0 Å². The first-order valence-electron chi connectivity index (χ1n) is 8.64. The Morgan fingerprint density at radius 3 is 1.79 bits per heavy atom. The highest BCUT2D eigenvalue weighted by molar-refractivity contribution is 4.68. The topological polar surface area (TPSA) is 21.3 Å². The van der Waals surface area contributed by atoms with E-state index < -0.39 is 0 Å². The second kappa shape index (κ2) is 11.7. The summed E-state index contributed by atoms with van der Waals surface area (Å²) in [5.74, 6) is 0.